The summed E-state index contributed by atoms with van der Waals surface area (Å²) in [5, 5.41) is 4.35. The van der Waals surface area contributed by atoms with Gasteiger partial charge in [-0.1, -0.05) is 36.4 Å². The normalized spacial score (nSPS) is 15.9. The number of nitrogens with one attached hydrogen (secondary N) is 1. The predicted octanol–water partition coefficient (Wildman–Crippen LogP) is 3.62. The summed E-state index contributed by atoms with van der Waals surface area (Å²) in [6.07, 6.45) is 0.351. The molecule has 178 valence electrons. The van der Waals surface area contributed by atoms with E-state index in [1.54, 1.807) is 41.8 Å². The van der Waals surface area contributed by atoms with Crippen LogP contribution in [0.4, 0.5) is 5.69 Å². The number of methoxy groups -OCH3 is 1. The SMILES string of the molecule is COc1cccc(NC(=O)COC(=O)CC2c3ccccc3CCN2S(=O)(=O)c2cccs2)c1. The van der Waals surface area contributed by atoms with Gasteiger partial charge in [0, 0.05) is 18.3 Å². The summed E-state index contributed by atoms with van der Waals surface area (Å²) < 4.78 is 38.5. The van der Waals surface area contributed by atoms with Gasteiger partial charge in [0.05, 0.1) is 19.6 Å². The molecule has 1 unspecified atom stereocenters. The van der Waals surface area contributed by atoms with E-state index in [-0.39, 0.29) is 17.2 Å². The molecule has 0 spiro atoms. The van der Waals surface area contributed by atoms with Crippen LogP contribution >= 0.6 is 11.3 Å². The lowest BCUT2D eigenvalue weighted by molar-refractivity contribution is -0.148. The molecule has 0 fully saturated rings. The predicted molar refractivity (Wildman–Crippen MR) is 128 cm³/mol. The Morgan fingerprint density at radius 1 is 1.12 bits per heavy atom. The van der Waals surface area contributed by atoms with Gasteiger partial charge in [0.15, 0.2) is 6.61 Å². The molecule has 0 radical (unpaired) electrons. The average Bonchev–Trinajstić information content (AvgIpc) is 3.39. The molecule has 1 amide bonds. The molecule has 1 aliphatic rings. The number of thiophene rings is 1. The molecule has 2 heterocycles. The van der Waals surface area contributed by atoms with Crippen molar-refractivity contribution >= 4 is 38.9 Å². The van der Waals surface area contributed by atoms with E-state index in [0.29, 0.717) is 17.9 Å². The summed E-state index contributed by atoms with van der Waals surface area (Å²) >= 11 is 1.14. The Kier molecular flexibility index (Phi) is 7.30. The van der Waals surface area contributed by atoms with Crippen LogP contribution in [-0.4, -0.2) is 44.9 Å². The highest BCUT2D eigenvalue weighted by Gasteiger charge is 2.38. The van der Waals surface area contributed by atoms with Gasteiger partial charge in [-0.05, 0) is 41.1 Å². The second-order valence-electron chi connectivity index (χ2n) is 7.66. The summed E-state index contributed by atoms with van der Waals surface area (Å²) in [6.45, 7) is -0.229. The van der Waals surface area contributed by atoms with Gasteiger partial charge in [0.1, 0.15) is 9.96 Å². The maximum atomic E-state index is 13.3. The van der Waals surface area contributed by atoms with Crippen LogP contribution in [0.2, 0.25) is 0 Å². The summed E-state index contributed by atoms with van der Waals surface area (Å²) in [4.78, 5) is 24.9. The number of esters is 1. The third-order valence-corrected chi connectivity index (χ3v) is 8.78. The molecule has 0 bridgehead atoms. The van der Waals surface area contributed by atoms with Gasteiger partial charge < -0.3 is 14.8 Å². The fourth-order valence-electron chi connectivity index (χ4n) is 3.91. The Hall–Kier alpha value is -3.21. The van der Waals surface area contributed by atoms with Crippen molar-refractivity contribution in [2.24, 2.45) is 0 Å². The van der Waals surface area contributed by atoms with Crippen LogP contribution in [0.25, 0.3) is 0 Å². The van der Waals surface area contributed by atoms with E-state index in [9.17, 15) is 18.0 Å². The smallest absolute Gasteiger partial charge is 0.308 e. The van der Waals surface area contributed by atoms with Crippen molar-refractivity contribution in [3.63, 3.8) is 0 Å². The number of hydrogen-bond acceptors (Lipinski definition) is 7. The molecule has 8 nitrogen and oxygen atoms in total. The number of rotatable bonds is 8. The van der Waals surface area contributed by atoms with Crippen LogP contribution in [0, 0.1) is 0 Å². The van der Waals surface area contributed by atoms with Crippen LogP contribution in [0.1, 0.15) is 23.6 Å². The zero-order valence-electron chi connectivity index (χ0n) is 18.5. The molecule has 1 atom stereocenters. The van der Waals surface area contributed by atoms with Gasteiger partial charge >= 0.3 is 5.97 Å². The lowest BCUT2D eigenvalue weighted by Gasteiger charge is -2.35. The zero-order valence-corrected chi connectivity index (χ0v) is 20.1. The molecule has 1 aromatic heterocycles. The number of carbonyl (C=O) groups excluding carboxylic acids is 2. The van der Waals surface area contributed by atoms with E-state index in [1.165, 1.54) is 11.4 Å². The van der Waals surface area contributed by atoms with Crippen molar-refractivity contribution in [3.05, 3.63) is 77.2 Å². The van der Waals surface area contributed by atoms with Crippen LogP contribution in [-0.2, 0) is 30.8 Å². The van der Waals surface area contributed by atoms with Gasteiger partial charge in [0.25, 0.3) is 15.9 Å². The highest BCUT2D eigenvalue weighted by Crippen LogP contribution is 2.37. The number of benzene rings is 2. The number of sulfonamides is 1. The quantitative estimate of drug-likeness (QED) is 0.474. The van der Waals surface area contributed by atoms with E-state index in [2.05, 4.69) is 5.32 Å². The molecule has 4 rings (SSSR count). The maximum Gasteiger partial charge on any atom is 0.308 e. The van der Waals surface area contributed by atoms with Gasteiger partial charge in [-0.2, -0.15) is 4.31 Å². The molecular weight excluding hydrogens is 476 g/mol. The Labute approximate surface area is 202 Å². The van der Waals surface area contributed by atoms with Crippen molar-refractivity contribution < 1.29 is 27.5 Å². The summed E-state index contributed by atoms with van der Waals surface area (Å²) in [5.74, 6) is -0.583. The standard InChI is InChI=1S/C24H24N2O6S2/c1-31-19-8-4-7-18(14-19)25-22(27)16-32-23(28)15-21-20-9-3-2-6-17(20)11-12-26(21)34(29,30)24-10-5-13-33-24/h2-10,13-14,21H,11-12,15-16H2,1H3,(H,25,27). The minimum Gasteiger partial charge on any atom is -0.497 e. The number of hydrogen-bond donors (Lipinski definition) is 1. The van der Waals surface area contributed by atoms with Gasteiger partial charge in [0.2, 0.25) is 0 Å². The molecule has 0 saturated heterocycles. The second-order valence-corrected chi connectivity index (χ2v) is 10.7. The van der Waals surface area contributed by atoms with Crippen molar-refractivity contribution in [3.8, 4) is 5.75 Å². The monoisotopic (exact) mass is 500 g/mol. The summed E-state index contributed by atoms with van der Waals surface area (Å²) in [7, 11) is -2.26. The van der Waals surface area contributed by atoms with E-state index in [1.807, 2.05) is 24.3 Å². The third-order valence-electron chi connectivity index (χ3n) is 5.50. The minimum atomic E-state index is -3.78. The molecule has 2 aromatic carbocycles. The Bertz CT molecular complexity index is 1270. The number of nitrogens with zero attached hydrogens (tertiary/aromatic N) is 1. The van der Waals surface area contributed by atoms with E-state index >= 15 is 0 Å². The fourth-order valence-corrected chi connectivity index (χ4v) is 6.64. The maximum absolute atomic E-state index is 13.3. The van der Waals surface area contributed by atoms with Gasteiger partial charge in [-0.25, -0.2) is 8.42 Å². The van der Waals surface area contributed by atoms with Crippen LogP contribution in [0.5, 0.6) is 5.75 Å². The first kappa shape index (κ1) is 23.9. The Balaban J connectivity index is 1.46. The lowest BCUT2D eigenvalue weighted by atomic mass is 9.92. The molecule has 1 aliphatic heterocycles. The van der Waals surface area contributed by atoms with E-state index in [0.717, 1.165) is 22.5 Å². The van der Waals surface area contributed by atoms with Crippen molar-refractivity contribution in [1.29, 1.82) is 0 Å². The van der Waals surface area contributed by atoms with Crippen molar-refractivity contribution in [2.45, 2.75) is 23.1 Å². The molecule has 3 aromatic rings. The number of carbonyl (C=O) groups is 2. The first-order valence-corrected chi connectivity index (χ1v) is 12.9. The van der Waals surface area contributed by atoms with Crippen molar-refractivity contribution in [2.75, 3.05) is 25.6 Å². The number of amides is 1. The molecule has 0 aliphatic carbocycles. The zero-order chi connectivity index (χ0) is 24.1. The molecule has 1 N–H and O–H groups in total. The molecule has 34 heavy (non-hydrogen) atoms. The topological polar surface area (TPSA) is 102 Å². The average molecular weight is 501 g/mol. The van der Waals surface area contributed by atoms with Crippen LogP contribution in [0.3, 0.4) is 0 Å². The second kappa shape index (κ2) is 10.4. The minimum absolute atomic E-state index is 0.200. The molecule has 0 saturated carbocycles. The summed E-state index contributed by atoms with van der Waals surface area (Å²) in [6, 6.07) is 16.8. The molecule has 10 heteroatoms. The van der Waals surface area contributed by atoms with E-state index in [4.69, 9.17) is 9.47 Å². The third kappa shape index (κ3) is 5.30. The van der Waals surface area contributed by atoms with E-state index < -0.39 is 34.5 Å². The fraction of sp³-hybridized carbons (Fsp3) is 0.250. The highest BCUT2D eigenvalue weighted by atomic mass is 32.2. The number of fused-ring (bicyclic) bond motifs is 1. The lowest BCUT2D eigenvalue weighted by Crippen LogP contribution is -2.41. The number of ether oxygens (including phenoxy) is 2. The Morgan fingerprint density at radius 2 is 1.94 bits per heavy atom. The highest BCUT2D eigenvalue weighted by molar-refractivity contribution is 7.91. The molecular formula is C24H24N2O6S2. The van der Waals surface area contributed by atoms with Gasteiger partial charge in [-0.3, -0.25) is 9.59 Å². The largest absolute Gasteiger partial charge is 0.497 e. The van der Waals surface area contributed by atoms with Crippen LogP contribution < -0.4 is 10.1 Å². The van der Waals surface area contributed by atoms with Gasteiger partial charge in [-0.15, -0.1) is 11.3 Å². The first-order chi connectivity index (χ1) is 16.4. The van der Waals surface area contributed by atoms with Crippen molar-refractivity contribution in [1.82, 2.24) is 4.31 Å². The van der Waals surface area contributed by atoms with Crippen LogP contribution in [0.15, 0.2) is 70.3 Å². The first-order valence-electron chi connectivity index (χ1n) is 10.6. The summed E-state index contributed by atoms with van der Waals surface area (Å²) in [5.41, 5.74) is 2.27. The Morgan fingerprint density at radius 3 is 2.71 bits per heavy atom. The number of anilines is 1.